The highest BCUT2D eigenvalue weighted by molar-refractivity contribution is 7.15. The highest BCUT2D eigenvalue weighted by Crippen LogP contribution is 2.40. The van der Waals surface area contributed by atoms with Crippen LogP contribution in [-0.2, 0) is 6.42 Å². The van der Waals surface area contributed by atoms with E-state index in [9.17, 15) is 0 Å². The maximum absolute atomic E-state index is 6.31. The molecule has 4 rings (SSSR count). The van der Waals surface area contributed by atoms with Crippen molar-refractivity contribution in [2.75, 3.05) is 19.6 Å². The van der Waals surface area contributed by atoms with Crippen LogP contribution in [0.25, 0.3) is 10.4 Å². The number of rotatable bonds is 2. The van der Waals surface area contributed by atoms with Gasteiger partial charge in [-0.1, -0.05) is 6.92 Å². The van der Waals surface area contributed by atoms with E-state index in [4.69, 9.17) is 4.74 Å². The summed E-state index contributed by atoms with van der Waals surface area (Å²) in [6, 6.07) is 6.65. The topological polar surface area (TPSA) is 25.4 Å². The second-order valence-electron chi connectivity index (χ2n) is 6.53. The van der Waals surface area contributed by atoms with Crippen LogP contribution in [0.15, 0.2) is 24.4 Å². The predicted octanol–water partition coefficient (Wildman–Crippen LogP) is 3.91. The molecule has 0 bridgehead atoms. The molecule has 0 aliphatic carbocycles. The van der Waals surface area contributed by atoms with Gasteiger partial charge in [-0.25, -0.2) is 4.98 Å². The Kier molecular flexibility index (Phi) is 3.46. The Morgan fingerprint density at radius 3 is 3.09 bits per heavy atom. The fourth-order valence-corrected chi connectivity index (χ4v) is 4.57. The zero-order valence-corrected chi connectivity index (χ0v) is 14.1. The third-order valence-corrected chi connectivity index (χ3v) is 5.89. The van der Waals surface area contributed by atoms with Gasteiger partial charge in [-0.3, -0.25) is 4.90 Å². The Bertz CT molecular complexity index is 696. The van der Waals surface area contributed by atoms with E-state index in [0.717, 1.165) is 31.8 Å². The molecule has 22 heavy (non-hydrogen) atoms. The molecule has 0 aromatic carbocycles. The standard InChI is InChI=1S/C18H22N2OS/c1-3-20-8-4-7-18(12-20)10-14-9-15(11-19-17(14)21-18)16-6-5-13(2)22-16/h5-6,9,11H,3-4,7-8,10,12H2,1-2H3/t18-/m0/s1. The number of piperidine rings is 1. The molecule has 3 nitrogen and oxygen atoms in total. The van der Waals surface area contributed by atoms with E-state index >= 15 is 0 Å². The van der Waals surface area contributed by atoms with Crippen LogP contribution < -0.4 is 4.74 Å². The number of aryl methyl sites for hydroxylation is 1. The van der Waals surface area contributed by atoms with Gasteiger partial charge in [0, 0.05) is 40.0 Å². The molecule has 2 aliphatic heterocycles. The maximum Gasteiger partial charge on any atom is 0.217 e. The minimum absolute atomic E-state index is 0.0341. The Hall–Kier alpha value is -1.39. The third-order valence-electron chi connectivity index (χ3n) is 4.84. The molecular weight excluding hydrogens is 292 g/mol. The van der Waals surface area contributed by atoms with Crippen molar-refractivity contribution in [3.63, 3.8) is 0 Å². The van der Waals surface area contributed by atoms with Crippen LogP contribution in [0.1, 0.15) is 30.2 Å². The van der Waals surface area contributed by atoms with Crippen molar-refractivity contribution >= 4 is 11.3 Å². The second kappa shape index (κ2) is 5.36. The number of fused-ring (bicyclic) bond motifs is 1. The molecule has 1 saturated heterocycles. The fourth-order valence-electron chi connectivity index (χ4n) is 3.72. The average Bonchev–Trinajstić information content (AvgIpc) is 3.09. The van der Waals surface area contributed by atoms with E-state index in [0.29, 0.717) is 0 Å². The van der Waals surface area contributed by atoms with Crippen molar-refractivity contribution in [1.29, 1.82) is 0 Å². The Labute approximate surface area is 135 Å². The Balaban J connectivity index is 1.61. The summed E-state index contributed by atoms with van der Waals surface area (Å²) in [4.78, 5) is 9.75. The van der Waals surface area contributed by atoms with Crippen molar-refractivity contribution in [3.8, 4) is 16.3 Å². The Morgan fingerprint density at radius 1 is 1.41 bits per heavy atom. The van der Waals surface area contributed by atoms with Gasteiger partial charge in [-0.15, -0.1) is 11.3 Å². The summed E-state index contributed by atoms with van der Waals surface area (Å²) in [7, 11) is 0. The summed E-state index contributed by atoms with van der Waals surface area (Å²) in [5.41, 5.74) is 2.47. The molecule has 1 atom stereocenters. The predicted molar refractivity (Wildman–Crippen MR) is 90.7 cm³/mol. The zero-order chi connectivity index (χ0) is 15.2. The second-order valence-corrected chi connectivity index (χ2v) is 7.82. The van der Waals surface area contributed by atoms with E-state index in [1.807, 2.05) is 17.5 Å². The van der Waals surface area contributed by atoms with Gasteiger partial charge >= 0.3 is 0 Å². The first-order chi connectivity index (χ1) is 10.7. The largest absolute Gasteiger partial charge is 0.469 e. The molecule has 0 radical (unpaired) electrons. The highest BCUT2D eigenvalue weighted by atomic mass is 32.1. The van der Waals surface area contributed by atoms with Gasteiger partial charge in [0.1, 0.15) is 5.60 Å². The van der Waals surface area contributed by atoms with Gasteiger partial charge in [0.15, 0.2) is 0 Å². The number of nitrogens with zero attached hydrogens (tertiary/aromatic N) is 2. The van der Waals surface area contributed by atoms with E-state index in [-0.39, 0.29) is 5.60 Å². The summed E-state index contributed by atoms with van der Waals surface area (Å²) >= 11 is 1.83. The quantitative estimate of drug-likeness (QED) is 0.840. The number of thiophene rings is 1. The van der Waals surface area contributed by atoms with Crippen molar-refractivity contribution < 1.29 is 4.74 Å². The van der Waals surface area contributed by atoms with E-state index in [2.05, 4.69) is 41.9 Å². The first kappa shape index (κ1) is 14.2. The lowest BCUT2D eigenvalue weighted by atomic mass is 9.88. The molecule has 0 amide bonds. The van der Waals surface area contributed by atoms with E-state index in [1.165, 1.54) is 33.8 Å². The highest BCUT2D eigenvalue weighted by Gasteiger charge is 2.43. The third kappa shape index (κ3) is 2.44. The lowest BCUT2D eigenvalue weighted by Crippen LogP contribution is -2.51. The van der Waals surface area contributed by atoms with E-state index < -0.39 is 0 Å². The van der Waals surface area contributed by atoms with Gasteiger partial charge in [0.05, 0.1) is 0 Å². The molecule has 4 heterocycles. The SMILES string of the molecule is CCN1CCC[C@]2(Cc3cc(-c4ccc(C)s4)cnc3O2)C1. The van der Waals surface area contributed by atoms with Crippen LogP contribution >= 0.6 is 11.3 Å². The molecule has 116 valence electrons. The molecule has 0 saturated carbocycles. The summed E-state index contributed by atoms with van der Waals surface area (Å²) in [5, 5.41) is 0. The number of aromatic nitrogens is 1. The minimum Gasteiger partial charge on any atom is -0.469 e. The molecule has 1 spiro atoms. The normalized spacial score (nSPS) is 24.5. The molecule has 4 heteroatoms. The number of ether oxygens (including phenoxy) is 1. The molecule has 0 unspecified atom stereocenters. The van der Waals surface area contributed by atoms with Crippen LogP contribution in [0.4, 0.5) is 0 Å². The lowest BCUT2D eigenvalue weighted by molar-refractivity contribution is 0.00781. The van der Waals surface area contributed by atoms with Crippen molar-refractivity contribution in [2.24, 2.45) is 0 Å². The monoisotopic (exact) mass is 314 g/mol. The minimum atomic E-state index is -0.0341. The van der Waals surface area contributed by atoms with Crippen LogP contribution in [0, 0.1) is 6.92 Å². The van der Waals surface area contributed by atoms with Gasteiger partial charge in [0.2, 0.25) is 5.88 Å². The van der Waals surface area contributed by atoms with Gasteiger partial charge in [0.25, 0.3) is 0 Å². The summed E-state index contributed by atoms with van der Waals surface area (Å²) in [6.07, 6.45) is 5.33. The van der Waals surface area contributed by atoms with Crippen molar-refractivity contribution in [3.05, 3.63) is 34.8 Å². The smallest absolute Gasteiger partial charge is 0.217 e. The first-order valence-electron chi connectivity index (χ1n) is 8.15. The molecule has 2 aliphatic rings. The summed E-state index contributed by atoms with van der Waals surface area (Å²) in [5.74, 6) is 0.856. The van der Waals surface area contributed by atoms with Crippen LogP contribution in [0.2, 0.25) is 0 Å². The molecule has 1 fully saturated rings. The molecule has 2 aromatic heterocycles. The number of hydrogen-bond donors (Lipinski definition) is 0. The van der Waals surface area contributed by atoms with Crippen LogP contribution in [-0.4, -0.2) is 35.1 Å². The van der Waals surface area contributed by atoms with Crippen LogP contribution in [0.3, 0.4) is 0 Å². The Morgan fingerprint density at radius 2 is 2.32 bits per heavy atom. The summed E-state index contributed by atoms with van der Waals surface area (Å²) in [6.45, 7) is 7.72. The van der Waals surface area contributed by atoms with Crippen molar-refractivity contribution in [1.82, 2.24) is 9.88 Å². The number of pyridine rings is 1. The number of likely N-dealkylation sites (tertiary alicyclic amines) is 1. The molecule has 0 N–H and O–H groups in total. The number of hydrogen-bond acceptors (Lipinski definition) is 4. The lowest BCUT2D eigenvalue weighted by Gasteiger charge is -2.38. The van der Waals surface area contributed by atoms with Gasteiger partial charge in [-0.05, 0) is 51.1 Å². The van der Waals surface area contributed by atoms with Gasteiger partial charge in [-0.2, -0.15) is 0 Å². The zero-order valence-electron chi connectivity index (χ0n) is 13.3. The average molecular weight is 314 g/mol. The molecule has 2 aromatic rings. The van der Waals surface area contributed by atoms with Gasteiger partial charge < -0.3 is 4.74 Å². The fraction of sp³-hybridized carbons (Fsp3) is 0.500. The van der Waals surface area contributed by atoms with E-state index in [1.54, 1.807) is 0 Å². The van der Waals surface area contributed by atoms with Crippen molar-refractivity contribution in [2.45, 2.75) is 38.7 Å². The molecular formula is C18H22N2OS. The summed E-state index contributed by atoms with van der Waals surface area (Å²) < 4.78 is 6.31. The number of likely N-dealkylation sites (N-methyl/N-ethyl adjacent to an activating group) is 1. The maximum atomic E-state index is 6.31. The van der Waals surface area contributed by atoms with Crippen LogP contribution in [0.5, 0.6) is 5.88 Å². The first-order valence-corrected chi connectivity index (χ1v) is 8.96.